The molecule has 6 aliphatic rings. The third-order valence-electron chi connectivity index (χ3n) is 8.72. The summed E-state index contributed by atoms with van der Waals surface area (Å²) in [6, 6.07) is 3.18. The second kappa shape index (κ2) is 6.67. The van der Waals surface area contributed by atoms with Crippen LogP contribution in [0, 0.1) is 29.0 Å². The van der Waals surface area contributed by atoms with E-state index in [1.54, 1.807) is 6.07 Å². The van der Waals surface area contributed by atoms with Crippen molar-refractivity contribution in [3.05, 3.63) is 29.1 Å². The predicted molar refractivity (Wildman–Crippen MR) is 108 cm³/mol. The molecule has 6 heteroatoms. The summed E-state index contributed by atoms with van der Waals surface area (Å²) in [7, 11) is 0. The van der Waals surface area contributed by atoms with Crippen LogP contribution in [0.2, 0.25) is 0 Å². The van der Waals surface area contributed by atoms with Gasteiger partial charge in [0.15, 0.2) is 6.23 Å². The molecule has 2 aliphatic heterocycles. The molecule has 5 nitrogen and oxygen atoms in total. The van der Waals surface area contributed by atoms with Crippen LogP contribution < -0.4 is 4.74 Å². The summed E-state index contributed by atoms with van der Waals surface area (Å²) in [5.41, 5.74) is 1.31. The van der Waals surface area contributed by atoms with Gasteiger partial charge in [-0.15, -0.1) is 0 Å². The highest BCUT2D eigenvalue weighted by Crippen LogP contribution is 2.59. The van der Waals surface area contributed by atoms with Gasteiger partial charge in [0.25, 0.3) is 5.91 Å². The van der Waals surface area contributed by atoms with Gasteiger partial charge in [0, 0.05) is 23.4 Å². The Kier molecular flexibility index (Phi) is 4.24. The Morgan fingerprint density at radius 2 is 2.07 bits per heavy atom. The molecule has 2 heterocycles. The molecule has 4 atom stereocenters. The Labute approximate surface area is 176 Å². The molecule has 2 saturated heterocycles. The lowest BCUT2D eigenvalue weighted by Crippen LogP contribution is -2.41. The number of amides is 1. The minimum absolute atomic E-state index is 0.0401. The SMILES string of the molecule is CC1CC2CCC2(COc2cc(F)c(C(=O)N3C4CC(C4)C3OO)cc2C2CC2)C1. The van der Waals surface area contributed by atoms with Gasteiger partial charge in [-0.25, -0.2) is 14.5 Å². The standard InChI is InChI=1S/C24H30FNO4/c1-13-6-16-4-5-24(16,11-13)12-29-21-10-20(25)19(9-18(21)14-2-3-14)22(27)26-17-7-15(8-17)23(26)30-28/h9-10,13-17,23,28H,2-8,11-12H2,1H3. The number of carbonyl (C=O) groups excluding carboxylic acids is 1. The van der Waals surface area contributed by atoms with Crippen LogP contribution >= 0.6 is 0 Å². The molecule has 162 valence electrons. The lowest BCUT2D eigenvalue weighted by atomic mass is 9.62. The Morgan fingerprint density at radius 1 is 1.27 bits per heavy atom. The summed E-state index contributed by atoms with van der Waals surface area (Å²) in [4.78, 5) is 19.2. The lowest BCUT2D eigenvalue weighted by Gasteiger charge is -2.45. The Bertz CT molecular complexity index is 880. The van der Waals surface area contributed by atoms with Crippen molar-refractivity contribution in [3.8, 4) is 5.75 Å². The van der Waals surface area contributed by atoms with Crippen LogP contribution in [0.4, 0.5) is 4.39 Å². The molecule has 0 radical (unpaired) electrons. The molecule has 4 saturated carbocycles. The Hall–Kier alpha value is -1.66. The van der Waals surface area contributed by atoms with E-state index in [4.69, 9.17) is 4.74 Å². The first-order valence-corrected chi connectivity index (χ1v) is 11.6. The van der Waals surface area contributed by atoms with E-state index in [1.807, 2.05) is 0 Å². The number of hydrogen-bond donors (Lipinski definition) is 1. The van der Waals surface area contributed by atoms with Crippen molar-refractivity contribution in [3.63, 3.8) is 0 Å². The molecule has 4 aliphatic carbocycles. The van der Waals surface area contributed by atoms with Crippen molar-refractivity contribution in [2.24, 2.45) is 23.2 Å². The van der Waals surface area contributed by atoms with Gasteiger partial charge in [0.05, 0.1) is 12.2 Å². The summed E-state index contributed by atoms with van der Waals surface area (Å²) in [5.74, 6) is 1.69. The molecule has 2 bridgehead atoms. The third kappa shape index (κ3) is 2.76. The molecule has 7 rings (SSSR count). The number of fused-ring (bicyclic) bond motifs is 2. The van der Waals surface area contributed by atoms with E-state index in [0.717, 1.165) is 43.1 Å². The van der Waals surface area contributed by atoms with Gasteiger partial charge < -0.3 is 9.64 Å². The van der Waals surface area contributed by atoms with Crippen LogP contribution in [0.5, 0.6) is 5.75 Å². The number of hydrogen-bond acceptors (Lipinski definition) is 4. The number of halogens is 1. The van der Waals surface area contributed by atoms with Crippen molar-refractivity contribution >= 4 is 5.91 Å². The van der Waals surface area contributed by atoms with Gasteiger partial charge in [0.1, 0.15) is 11.6 Å². The van der Waals surface area contributed by atoms with Crippen molar-refractivity contribution in [2.45, 2.75) is 76.5 Å². The predicted octanol–water partition coefficient (Wildman–Crippen LogP) is 4.96. The number of ether oxygens (including phenoxy) is 1. The molecular formula is C24H30FNO4. The lowest BCUT2D eigenvalue weighted by molar-refractivity contribution is -0.303. The molecule has 0 spiro atoms. The summed E-state index contributed by atoms with van der Waals surface area (Å²) in [5, 5.41) is 9.23. The molecule has 4 unspecified atom stereocenters. The van der Waals surface area contributed by atoms with Crippen LogP contribution in [-0.4, -0.2) is 34.9 Å². The molecule has 1 aromatic carbocycles. The first kappa shape index (κ1) is 19.1. The number of benzene rings is 1. The van der Waals surface area contributed by atoms with Gasteiger partial charge in [-0.2, -0.15) is 0 Å². The summed E-state index contributed by atoms with van der Waals surface area (Å²) < 4.78 is 21.4. The maximum absolute atomic E-state index is 15.1. The Morgan fingerprint density at radius 3 is 2.70 bits per heavy atom. The van der Waals surface area contributed by atoms with E-state index in [0.29, 0.717) is 18.3 Å². The first-order valence-electron chi connectivity index (χ1n) is 11.6. The number of nitrogens with zero attached hydrogens (tertiary/aromatic N) is 1. The quantitative estimate of drug-likeness (QED) is 0.527. The molecule has 1 amide bonds. The van der Waals surface area contributed by atoms with Crippen LogP contribution in [0.3, 0.4) is 0 Å². The van der Waals surface area contributed by atoms with E-state index in [1.165, 1.54) is 36.6 Å². The molecule has 6 fully saturated rings. The first-order chi connectivity index (χ1) is 14.5. The maximum atomic E-state index is 15.1. The minimum atomic E-state index is -0.652. The van der Waals surface area contributed by atoms with E-state index < -0.39 is 12.0 Å². The number of carbonyl (C=O) groups is 1. The van der Waals surface area contributed by atoms with Gasteiger partial charge in [-0.3, -0.25) is 4.79 Å². The summed E-state index contributed by atoms with van der Waals surface area (Å²) in [6.45, 7) is 2.98. The monoisotopic (exact) mass is 415 g/mol. The molecule has 0 aromatic heterocycles. The second-order valence-electron chi connectivity index (χ2n) is 10.7. The van der Waals surface area contributed by atoms with Crippen LogP contribution in [0.1, 0.15) is 80.1 Å². The van der Waals surface area contributed by atoms with E-state index in [-0.39, 0.29) is 28.8 Å². The average Bonchev–Trinajstić information content (AvgIpc) is 3.32. The Balaban J connectivity index is 1.26. The fourth-order valence-electron chi connectivity index (χ4n) is 6.78. The van der Waals surface area contributed by atoms with Crippen LogP contribution in [0.15, 0.2) is 12.1 Å². The largest absolute Gasteiger partial charge is 0.493 e. The highest BCUT2D eigenvalue weighted by Gasteiger charge is 2.55. The van der Waals surface area contributed by atoms with E-state index in [2.05, 4.69) is 11.8 Å². The zero-order valence-electron chi connectivity index (χ0n) is 17.5. The van der Waals surface area contributed by atoms with Crippen LogP contribution in [0.25, 0.3) is 0 Å². The zero-order chi connectivity index (χ0) is 20.6. The van der Waals surface area contributed by atoms with E-state index >= 15 is 4.39 Å². The second-order valence-corrected chi connectivity index (χ2v) is 10.7. The van der Waals surface area contributed by atoms with Crippen molar-refractivity contribution in [1.29, 1.82) is 0 Å². The fraction of sp³-hybridized carbons (Fsp3) is 0.708. The highest BCUT2D eigenvalue weighted by molar-refractivity contribution is 5.96. The van der Waals surface area contributed by atoms with Crippen LogP contribution in [-0.2, 0) is 4.89 Å². The van der Waals surface area contributed by atoms with Crippen molar-refractivity contribution in [1.82, 2.24) is 4.90 Å². The highest BCUT2D eigenvalue weighted by atomic mass is 19.1. The molecule has 30 heavy (non-hydrogen) atoms. The smallest absolute Gasteiger partial charge is 0.259 e. The molecular weight excluding hydrogens is 385 g/mol. The molecule has 1 aromatic rings. The molecule has 1 N–H and O–H groups in total. The zero-order valence-corrected chi connectivity index (χ0v) is 17.5. The topological polar surface area (TPSA) is 59.0 Å². The van der Waals surface area contributed by atoms with Gasteiger partial charge in [-0.1, -0.05) is 6.92 Å². The van der Waals surface area contributed by atoms with Gasteiger partial charge in [-0.05, 0) is 80.8 Å². The summed E-state index contributed by atoms with van der Waals surface area (Å²) in [6.07, 6.45) is 8.07. The summed E-state index contributed by atoms with van der Waals surface area (Å²) >= 11 is 0. The van der Waals surface area contributed by atoms with E-state index in [9.17, 15) is 10.1 Å². The fourth-order valence-corrected chi connectivity index (χ4v) is 6.78. The van der Waals surface area contributed by atoms with Gasteiger partial charge in [0.2, 0.25) is 0 Å². The van der Waals surface area contributed by atoms with Crippen molar-refractivity contribution < 1.29 is 24.1 Å². The third-order valence-corrected chi connectivity index (χ3v) is 8.72. The number of rotatable bonds is 6. The van der Waals surface area contributed by atoms with Crippen molar-refractivity contribution in [2.75, 3.05) is 6.61 Å². The minimum Gasteiger partial charge on any atom is -0.493 e. The average molecular weight is 416 g/mol. The maximum Gasteiger partial charge on any atom is 0.259 e. The normalized spacial score (nSPS) is 38.8. The van der Waals surface area contributed by atoms with Gasteiger partial charge >= 0.3 is 0 Å².